The second-order valence-electron chi connectivity index (χ2n) is 8.50. The van der Waals surface area contributed by atoms with Crippen LogP contribution in [-0.2, 0) is 24.4 Å². The second kappa shape index (κ2) is 9.62. The smallest absolute Gasteiger partial charge is 0.217 e. The third-order valence-electron chi connectivity index (χ3n) is 6.50. The molecule has 3 heterocycles. The molecule has 5 rings (SSSR count). The van der Waals surface area contributed by atoms with Gasteiger partial charge in [0.15, 0.2) is 11.5 Å². The molecule has 0 saturated carbocycles. The highest BCUT2D eigenvalue weighted by Crippen LogP contribution is 2.41. The highest BCUT2D eigenvalue weighted by molar-refractivity contribution is 7.71. The molecule has 0 unspecified atom stereocenters. The van der Waals surface area contributed by atoms with Gasteiger partial charge in [0.1, 0.15) is 0 Å². The maximum atomic E-state index is 5.75. The molecule has 2 aliphatic heterocycles. The van der Waals surface area contributed by atoms with Crippen LogP contribution in [0.4, 0.5) is 0 Å². The van der Waals surface area contributed by atoms with Crippen LogP contribution < -0.4 is 9.47 Å². The van der Waals surface area contributed by atoms with E-state index in [4.69, 9.17) is 26.4 Å². The number of ether oxygens (including phenoxy) is 3. The lowest BCUT2D eigenvalue weighted by atomic mass is 9.88. The van der Waals surface area contributed by atoms with Crippen LogP contribution in [0.2, 0.25) is 0 Å². The Morgan fingerprint density at radius 1 is 1.06 bits per heavy atom. The first-order valence-corrected chi connectivity index (χ1v) is 11.7. The van der Waals surface area contributed by atoms with Gasteiger partial charge in [-0.2, -0.15) is 0 Å². The molecule has 0 aliphatic carbocycles. The quantitative estimate of drug-likeness (QED) is 0.492. The predicted octanol–water partition coefficient (Wildman–Crippen LogP) is 3.61. The van der Waals surface area contributed by atoms with Gasteiger partial charge in [-0.1, -0.05) is 30.3 Å². The number of rotatable bonds is 7. The summed E-state index contributed by atoms with van der Waals surface area (Å²) in [5.41, 5.74) is 3.69. The molecular weight excluding hydrogens is 438 g/mol. The molecule has 1 aromatic heterocycles. The molecule has 1 saturated heterocycles. The van der Waals surface area contributed by atoms with E-state index < -0.39 is 0 Å². The van der Waals surface area contributed by atoms with Crippen molar-refractivity contribution in [2.45, 2.75) is 44.6 Å². The van der Waals surface area contributed by atoms with Gasteiger partial charge in [-0.25, -0.2) is 9.36 Å². The van der Waals surface area contributed by atoms with Gasteiger partial charge in [-0.05, 0) is 70.7 Å². The molecule has 2 aromatic carbocycles. The number of hydrogen-bond donors (Lipinski definition) is 0. The second-order valence-corrected chi connectivity index (χ2v) is 8.87. The summed E-state index contributed by atoms with van der Waals surface area (Å²) < 4.78 is 21.1. The predicted molar refractivity (Wildman–Crippen MR) is 126 cm³/mol. The highest BCUT2D eigenvalue weighted by Gasteiger charge is 2.31. The Bertz CT molecular complexity index is 1160. The lowest BCUT2D eigenvalue weighted by Crippen LogP contribution is -2.38. The van der Waals surface area contributed by atoms with Gasteiger partial charge < -0.3 is 14.2 Å². The summed E-state index contributed by atoms with van der Waals surface area (Å²) in [5.74, 6) is 1.49. The van der Waals surface area contributed by atoms with Crippen molar-refractivity contribution in [2.75, 3.05) is 27.4 Å². The maximum absolute atomic E-state index is 5.75. The first-order valence-electron chi connectivity index (χ1n) is 11.3. The molecule has 1 fully saturated rings. The van der Waals surface area contributed by atoms with Crippen LogP contribution in [0.1, 0.15) is 35.6 Å². The molecule has 0 amide bonds. The number of nitrogens with zero attached hydrogens (tertiary/aromatic N) is 5. The molecule has 8 nitrogen and oxygen atoms in total. The minimum atomic E-state index is 0.0416. The molecular formula is C24H29N5O3S. The fraction of sp³-hybridized carbons (Fsp3) is 0.458. The average molecular weight is 468 g/mol. The number of hydrogen-bond acceptors (Lipinski definition) is 7. The maximum Gasteiger partial charge on any atom is 0.217 e. The van der Waals surface area contributed by atoms with Crippen molar-refractivity contribution in [1.29, 1.82) is 0 Å². The molecule has 174 valence electrons. The molecule has 2 atom stereocenters. The van der Waals surface area contributed by atoms with Crippen molar-refractivity contribution in [3.63, 3.8) is 0 Å². The lowest BCUT2D eigenvalue weighted by Gasteiger charge is -2.37. The number of aromatic nitrogens is 4. The van der Waals surface area contributed by atoms with Gasteiger partial charge in [-0.3, -0.25) is 4.90 Å². The minimum Gasteiger partial charge on any atom is -0.493 e. The van der Waals surface area contributed by atoms with Gasteiger partial charge in [0.05, 0.1) is 39.6 Å². The van der Waals surface area contributed by atoms with Gasteiger partial charge in [-0.15, -0.1) is 0 Å². The third-order valence-corrected chi connectivity index (χ3v) is 6.92. The number of methoxy groups -OCH3 is 2. The van der Waals surface area contributed by atoms with Crippen molar-refractivity contribution >= 4 is 12.2 Å². The summed E-state index contributed by atoms with van der Waals surface area (Å²) in [7, 11) is 3.35. The molecule has 0 bridgehead atoms. The van der Waals surface area contributed by atoms with Crippen molar-refractivity contribution < 1.29 is 14.2 Å². The number of benzene rings is 2. The summed E-state index contributed by atoms with van der Waals surface area (Å²) in [6.45, 7) is 2.88. The van der Waals surface area contributed by atoms with Gasteiger partial charge in [0, 0.05) is 13.2 Å². The van der Waals surface area contributed by atoms with E-state index in [0.29, 0.717) is 18.0 Å². The molecule has 0 spiro atoms. The highest BCUT2D eigenvalue weighted by atomic mass is 32.1. The summed E-state index contributed by atoms with van der Waals surface area (Å²) in [4.78, 5) is 2.39. The SMILES string of the molecule is COc1cc2c(cc1OC)[C@H](c1ccccc1)N(Cn1nnn(C[C@@H]3CCCO3)c1=S)CC2. The Labute approximate surface area is 198 Å². The van der Waals surface area contributed by atoms with E-state index >= 15 is 0 Å². The molecule has 0 N–H and O–H groups in total. The topological polar surface area (TPSA) is 66.6 Å². The standard InChI is InChI=1S/C24H29N5O3S/c1-30-21-13-18-10-11-27(16-29-24(33)28(25-26-29)15-19-9-6-12-32-19)23(17-7-4-3-5-8-17)20(18)14-22(21)31-2/h3-5,7-8,13-14,19,23H,6,9-12,15-16H2,1-2H3/t19-,23-/m0/s1. The van der Waals surface area contributed by atoms with Crippen LogP contribution in [-0.4, -0.2) is 58.2 Å². The third kappa shape index (κ3) is 4.40. The first-order chi connectivity index (χ1) is 16.2. The monoisotopic (exact) mass is 467 g/mol. The summed E-state index contributed by atoms with van der Waals surface area (Å²) >= 11 is 5.72. The Morgan fingerprint density at radius 2 is 1.82 bits per heavy atom. The molecule has 9 heteroatoms. The van der Waals surface area contributed by atoms with E-state index in [1.54, 1.807) is 18.9 Å². The van der Waals surface area contributed by atoms with Crippen LogP contribution in [0.15, 0.2) is 42.5 Å². The Kier molecular flexibility index (Phi) is 6.43. The van der Waals surface area contributed by atoms with Crippen LogP contribution in [0, 0.1) is 4.77 Å². The Morgan fingerprint density at radius 3 is 2.55 bits per heavy atom. The zero-order valence-corrected chi connectivity index (χ0v) is 19.8. The summed E-state index contributed by atoms with van der Waals surface area (Å²) in [6, 6.07) is 14.8. The lowest BCUT2D eigenvalue weighted by molar-refractivity contribution is 0.0929. The van der Waals surface area contributed by atoms with Crippen LogP contribution >= 0.6 is 12.2 Å². The van der Waals surface area contributed by atoms with E-state index in [-0.39, 0.29) is 12.1 Å². The van der Waals surface area contributed by atoms with Crippen LogP contribution in [0.3, 0.4) is 0 Å². The molecule has 33 heavy (non-hydrogen) atoms. The van der Waals surface area contributed by atoms with Gasteiger partial charge in [0.2, 0.25) is 4.77 Å². The van der Waals surface area contributed by atoms with Crippen LogP contribution in [0.25, 0.3) is 0 Å². The van der Waals surface area contributed by atoms with E-state index in [2.05, 4.69) is 51.7 Å². The minimum absolute atomic E-state index is 0.0416. The summed E-state index contributed by atoms with van der Waals surface area (Å²) in [6.07, 6.45) is 3.20. The summed E-state index contributed by atoms with van der Waals surface area (Å²) in [5, 5.41) is 8.70. The van der Waals surface area contributed by atoms with Crippen molar-refractivity contribution in [1.82, 2.24) is 24.7 Å². The average Bonchev–Trinajstić information content (AvgIpc) is 3.49. The number of tetrazole rings is 1. The van der Waals surface area contributed by atoms with E-state index in [0.717, 1.165) is 43.9 Å². The zero-order valence-electron chi connectivity index (χ0n) is 19.0. The van der Waals surface area contributed by atoms with E-state index in [1.165, 1.54) is 16.7 Å². The van der Waals surface area contributed by atoms with Gasteiger partial charge in [0.25, 0.3) is 0 Å². The number of fused-ring (bicyclic) bond motifs is 1. The first kappa shape index (κ1) is 22.1. The Balaban J connectivity index is 1.48. The van der Waals surface area contributed by atoms with Crippen LogP contribution in [0.5, 0.6) is 11.5 Å². The van der Waals surface area contributed by atoms with Crippen molar-refractivity contribution in [3.8, 4) is 11.5 Å². The van der Waals surface area contributed by atoms with Crippen molar-refractivity contribution in [3.05, 3.63) is 63.9 Å². The molecule has 0 radical (unpaired) electrons. The van der Waals surface area contributed by atoms with E-state index in [9.17, 15) is 0 Å². The normalized spacial score (nSPS) is 20.5. The largest absolute Gasteiger partial charge is 0.493 e. The van der Waals surface area contributed by atoms with Crippen molar-refractivity contribution in [2.24, 2.45) is 0 Å². The zero-order chi connectivity index (χ0) is 22.8. The fourth-order valence-corrected chi connectivity index (χ4v) is 5.04. The van der Waals surface area contributed by atoms with E-state index in [1.807, 2.05) is 10.7 Å². The Hall–Kier alpha value is -2.75. The molecule has 3 aromatic rings. The molecule has 2 aliphatic rings. The van der Waals surface area contributed by atoms with Gasteiger partial charge >= 0.3 is 0 Å². The fourth-order valence-electron chi connectivity index (χ4n) is 4.84.